The van der Waals surface area contributed by atoms with Crippen molar-refractivity contribution in [3.63, 3.8) is 0 Å². The number of hydrogen-bond acceptors (Lipinski definition) is 1. The van der Waals surface area contributed by atoms with Gasteiger partial charge in [-0.2, -0.15) is 0 Å². The Hall–Kier alpha value is -0.990. The van der Waals surface area contributed by atoms with Crippen LogP contribution in [0.5, 0.6) is 0 Å². The normalized spacial score (nSPS) is 29.8. The first-order chi connectivity index (χ1) is 10.1. The number of benzene rings is 1. The standard InChI is InChI=1S/C18H23ClN2/c1-18(2)13-8-12(9-14(13)18)20-7-6-11-10-21-16-5-3-4-15(19)17(11)16/h3-5,10,12-14,20-21H,6-9H2,1-2H3/t12-,13+,14-. The van der Waals surface area contributed by atoms with Crippen molar-refractivity contribution in [3.8, 4) is 0 Å². The van der Waals surface area contributed by atoms with Gasteiger partial charge in [-0.1, -0.05) is 31.5 Å². The van der Waals surface area contributed by atoms with Gasteiger partial charge in [-0.3, -0.25) is 0 Å². The number of fused-ring (bicyclic) bond motifs is 2. The Morgan fingerprint density at radius 2 is 2.05 bits per heavy atom. The lowest BCUT2D eigenvalue weighted by Crippen LogP contribution is -2.30. The fourth-order valence-corrected chi connectivity index (χ4v) is 4.78. The van der Waals surface area contributed by atoms with Crippen LogP contribution < -0.4 is 5.32 Å². The van der Waals surface area contributed by atoms with Crippen LogP contribution in [0.4, 0.5) is 0 Å². The molecule has 2 N–H and O–H groups in total. The van der Waals surface area contributed by atoms with Crippen LogP contribution >= 0.6 is 11.6 Å². The minimum absolute atomic E-state index is 0.628. The summed E-state index contributed by atoms with van der Waals surface area (Å²) in [6, 6.07) is 6.79. The summed E-state index contributed by atoms with van der Waals surface area (Å²) in [5.74, 6) is 1.94. The van der Waals surface area contributed by atoms with Gasteiger partial charge in [-0.15, -0.1) is 0 Å². The molecule has 2 aliphatic rings. The second-order valence-electron chi connectivity index (χ2n) is 7.38. The average molecular weight is 303 g/mol. The molecule has 21 heavy (non-hydrogen) atoms. The van der Waals surface area contributed by atoms with E-state index in [1.54, 1.807) is 0 Å². The van der Waals surface area contributed by atoms with E-state index < -0.39 is 0 Å². The molecule has 0 radical (unpaired) electrons. The van der Waals surface area contributed by atoms with Crippen LogP contribution in [0.1, 0.15) is 32.3 Å². The molecule has 2 saturated carbocycles. The van der Waals surface area contributed by atoms with E-state index in [2.05, 4.69) is 36.4 Å². The number of rotatable bonds is 4. The van der Waals surface area contributed by atoms with Crippen molar-refractivity contribution in [3.05, 3.63) is 35.0 Å². The lowest BCUT2D eigenvalue weighted by Gasteiger charge is -2.18. The van der Waals surface area contributed by atoms with Crippen molar-refractivity contribution in [2.45, 2.75) is 39.2 Å². The third kappa shape index (κ3) is 2.20. The van der Waals surface area contributed by atoms with Crippen molar-refractivity contribution in [1.82, 2.24) is 10.3 Å². The molecular formula is C18H23ClN2. The maximum Gasteiger partial charge on any atom is 0.0502 e. The zero-order valence-electron chi connectivity index (χ0n) is 12.7. The molecule has 112 valence electrons. The highest BCUT2D eigenvalue weighted by Gasteiger charge is 2.61. The predicted octanol–water partition coefficient (Wildman–Crippen LogP) is 4.39. The van der Waals surface area contributed by atoms with Gasteiger partial charge < -0.3 is 10.3 Å². The fraction of sp³-hybridized carbons (Fsp3) is 0.556. The van der Waals surface area contributed by atoms with Crippen LogP contribution in [0.25, 0.3) is 10.9 Å². The Morgan fingerprint density at radius 3 is 2.81 bits per heavy atom. The number of aromatic nitrogens is 1. The van der Waals surface area contributed by atoms with E-state index in [4.69, 9.17) is 11.6 Å². The number of nitrogens with one attached hydrogen (secondary N) is 2. The summed E-state index contributed by atoms with van der Waals surface area (Å²) in [6.07, 6.45) is 5.88. The quantitative estimate of drug-likeness (QED) is 0.861. The van der Waals surface area contributed by atoms with E-state index in [0.717, 1.165) is 41.4 Å². The molecule has 2 fully saturated rings. The van der Waals surface area contributed by atoms with Crippen LogP contribution in [0, 0.1) is 17.3 Å². The minimum Gasteiger partial charge on any atom is -0.361 e. The zero-order chi connectivity index (χ0) is 14.6. The minimum atomic E-state index is 0.628. The third-order valence-electron chi connectivity index (χ3n) is 5.93. The van der Waals surface area contributed by atoms with Gasteiger partial charge in [-0.25, -0.2) is 0 Å². The topological polar surface area (TPSA) is 27.8 Å². The number of hydrogen-bond donors (Lipinski definition) is 2. The SMILES string of the molecule is CC1(C)[C@@H]2C[C@H](NCCc3c[nH]c4cccc(Cl)c34)C[C@@H]21. The molecule has 2 aromatic rings. The molecular weight excluding hydrogens is 280 g/mol. The molecule has 0 unspecified atom stereocenters. The number of halogens is 1. The first kappa shape index (κ1) is 13.7. The highest BCUT2D eigenvalue weighted by Crippen LogP contribution is 2.66. The van der Waals surface area contributed by atoms with Crippen molar-refractivity contribution in [1.29, 1.82) is 0 Å². The third-order valence-corrected chi connectivity index (χ3v) is 6.24. The maximum absolute atomic E-state index is 6.33. The summed E-state index contributed by atoms with van der Waals surface area (Å²) in [4.78, 5) is 3.32. The van der Waals surface area contributed by atoms with Gasteiger partial charge in [0.05, 0.1) is 5.02 Å². The van der Waals surface area contributed by atoms with Gasteiger partial charge in [0.25, 0.3) is 0 Å². The van der Waals surface area contributed by atoms with E-state index >= 15 is 0 Å². The molecule has 3 atom stereocenters. The Kier molecular flexibility index (Phi) is 3.09. The molecule has 0 amide bonds. The van der Waals surface area contributed by atoms with Gasteiger partial charge in [0.2, 0.25) is 0 Å². The Balaban J connectivity index is 1.35. The molecule has 0 aliphatic heterocycles. The summed E-state index contributed by atoms with van der Waals surface area (Å²) >= 11 is 6.33. The molecule has 1 heterocycles. The van der Waals surface area contributed by atoms with Gasteiger partial charge in [0, 0.05) is 23.1 Å². The smallest absolute Gasteiger partial charge is 0.0502 e. The van der Waals surface area contributed by atoms with Crippen molar-refractivity contribution in [2.75, 3.05) is 6.54 Å². The van der Waals surface area contributed by atoms with Crippen molar-refractivity contribution >= 4 is 22.5 Å². The highest BCUT2D eigenvalue weighted by molar-refractivity contribution is 6.35. The van der Waals surface area contributed by atoms with Crippen LogP contribution in [-0.2, 0) is 6.42 Å². The van der Waals surface area contributed by atoms with E-state index in [1.807, 2.05) is 12.1 Å². The monoisotopic (exact) mass is 302 g/mol. The fourth-order valence-electron chi connectivity index (χ4n) is 4.49. The molecule has 3 heteroatoms. The molecule has 1 aromatic heterocycles. The maximum atomic E-state index is 6.33. The molecule has 0 saturated heterocycles. The first-order valence-electron chi connectivity index (χ1n) is 8.05. The number of H-pyrrole nitrogens is 1. The highest BCUT2D eigenvalue weighted by atomic mass is 35.5. The summed E-state index contributed by atoms with van der Waals surface area (Å²) in [5.41, 5.74) is 3.09. The Labute approximate surface area is 131 Å². The van der Waals surface area contributed by atoms with Gasteiger partial charge in [0.15, 0.2) is 0 Å². The predicted molar refractivity (Wildman–Crippen MR) is 88.8 cm³/mol. The molecule has 2 aliphatic carbocycles. The van der Waals surface area contributed by atoms with Gasteiger partial charge in [0.1, 0.15) is 0 Å². The molecule has 0 bridgehead atoms. The van der Waals surface area contributed by atoms with Gasteiger partial charge >= 0.3 is 0 Å². The lowest BCUT2D eigenvalue weighted by molar-refractivity contribution is 0.387. The number of aromatic amines is 1. The second-order valence-corrected chi connectivity index (χ2v) is 7.79. The Bertz CT molecular complexity index is 659. The van der Waals surface area contributed by atoms with Crippen LogP contribution in [-0.4, -0.2) is 17.6 Å². The Morgan fingerprint density at radius 1 is 1.29 bits per heavy atom. The average Bonchev–Trinajstić information content (AvgIpc) is 2.87. The van der Waals surface area contributed by atoms with Crippen LogP contribution in [0.3, 0.4) is 0 Å². The van der Waals surface area contributed by atoms with Gasteiger partial charge in [-0.05, 0) is 60.8 Å². The zero-order valence-corrected chi connectivity index (χ0v) is 13.5. The van der Waals surface area contributed by atoms with E-state index in [0.29, 0.717) is 5.41 Å². The van der Waals surface area contributed by atoms with Crippen LogP contribution in [0.2, 0.25) is 5.02 Å². The van der Waals surface area contributed by atoms with Crippen molar-refractivity contribution < 1.29 is 0 Å². The molecule has 2 nitrogen and oxygen atoms in total. The van der Waals surface area contributed by atoms with E-state index in [-0.39, 0.29) is 0 Å². The van der Waals surface area contributed by atoms with Crippen LogP contribution in [0.15, 0.2) is 24.4 Å². The molecule has 1 aromatic carbocycles. The van der Waals surface area contributed by atoms with Crippen molar-refractivity contribution in [2.24, 2.45) is 17.3 Å². The second kappa shape index (κ2) is 4.76. The van der Waals surface area contributed by atoms with E-state index in [9.17, 15) is 0 Å². The lowest BCUT2D eigenvalue weighted by atomic mass is 9.98. The summed E-state index contributed by atoms with van der Waals surface area (Å²) in [6.45, 7) is 5.89. The molecule has 0 spiro atoms. The van der Waals surface area contributed by atoms with E-state index in [1.165, 1.54) is 23.8 Å². The summed E-state index contributed by atoms with van der Waals surface area (Å²) in [5, 5.41) is 5.79. The summed E-state index contributed by atoms with van der Waals surface area (Å²) in [7, 11) is 0. The first-order valence-corrected chi connectivity index (χ1v) is 8.43. The summed E-state index contributed by atoms with van der Waals surface area (Å²) < 4.78 is 0. The molecule has 4 rings (SSSR count). The largest absolute Gasteiger partial charge is 0.361 e.